The third kappa shape index (κ3) is 3.30. The second kappa shape index (κ2) is 5.80. The Kier molecular flexibility index (Phi) is 4.38. The number of hydrogen-bond acceptors (Lipinski definition) is 3. The summed E-state index contributed by atoms with van der Waals surface area (Å²) in [6.07, 6.45) is 4.15. The number of halogens is 1. The van der Waals surface area contributed by atoms with Gasteiger partial charge in [0.25, 0.3) is 0 Å². The fourth-order valence-electron chi connectivity index (χ4n) is 2.09. The van der Waals surface area contributed by atoms with E-state index in [-0.39, 0.29) is 5.78 Å². The molecule has 0 aromatic carbocycles. The Hall–Kier alpha value is -0.380. The van der Waals surface area contributed by atoms with Crippen LogP contribution in [0.1, 0.15) is 35.4 Å². The summed E-state index contributed by atoms with van der Waals surface area (Å²) in [6.45, 7) is 2.20. The van der Waals surface area contributed by atoms with Crippen molar-refractivity contribution in [3.8, 4) is 0 Å². The molecular formula is C12H16ClNOS. The molecule has 1 atom stereocenters. The Morgan fingerprint density at radius 1 is 1.56 bits per heavy atom. The van der Waals surface area contributed by atoms with Crippen molar-refractivity contribution in [2.45, 2.75) is 25.7 Å². The molecule has 0 spiro atoms. The largest absolute Gasteiger partial charge is 0.316 e. The van der Waals surface area contributed by atoms with Gasteiger partial charge in [-0.3, -0.25) is 4.79 Å². The summed E-state index contributed by atoms with van der Waals surface area (Å²) in [6, 6.07) is 3.62. The van der Waals surface area contributed by atoms with E-state index < -0.39 is 0 Å². The molecule has 1 aromatic rings. The Bertz CT molecular complexity index is 358. The highest BCUT2D eigenvalue weighted by atomic mass is 35.5. The SMILES string of the molecule is O=C(CCC1CCCNC1)c1ccc(Cl)s1. The Morgan fingerprint density at radius 3 is 3.06 bits per heavy atom. The molecule has 4 heteroatoms. The standard InChI is InChI=1S/C12H16ClNOS/c13-12-6-5-11(16-12)10(15)4-3-9-2-1-7-14-8-9/h5-6,9,14H,1-4,7-8H2. The van der Waals surface area contributed by atoms with Gasteiger partial charge in [0.15, 0.2) is 5.78 Å². The van der Waals surface area contributed by atoms with Crippen LogP contribution in [-0.4, -0.2) is 18.9 Å². The maximum Gasteiger partial charge on any atom is 0.172 e. The number of carbonyl (C=O) groups excluding carboxylic acids is 1. The molecule has 1 N–H and O–H groups in total. The maximum atomic E-state index is 11.8. The van der Waals surface area contributed by atoms with Crippen LogP contribution in [0.2, 0.25) is 4.34 Å². The molecule has 0 saturated carbocycles. The summed E-state index contributed by atoms with van der Waals surface area (Å²) in [7, 11) is 0. The lowest BCUT2D eigenvalue weighted by Gasteiger charge is -2.22. The zero-order chi connectivity index (χ0) is 11.4. The van der Waals surface area contributed by atoms with Crippen LogP contribution in [0.5, 0.6) is 0 Å². The number of thiophene rings is 1. The van der Waals surface area contributed by atoms with Gasteiger partial charge in [0.1, 0.15) is 0 Å². The van der Waals surface area contributed by atoms with Crippen molar-refractivity contribution in [1.82, 2.24) is 5.32 Å². The van der Waals surface area contributed by atoms with Gasteiger partial charge in [0.2, 0.25) is 0 Å². The van der Waals surface area contributed by atoms with Crippen molar-refractivity contribution in [2.75, 3.05) is 13.1 Å². The van der Waals surface area contributed by atoms with E-state index in [1.807, 2.05) is 6.07 Å². The van der Waals surface area contributed by atoms with Gasteiger partial charge in [0.05, 0.1) is 9.21 Å². The number of ketones is 1. The van der Waals surface area contributed by atoms with Crippen molar-refractivity contribution in [3.63, 3.8) is 0 Å². The van der Waals surface area contributed by atoms with Gasteiger partial charge in [-0.05, 0) is 50.4 Å². The molecular weight excluding hydrogens is 242 g/mol. The lowest BCUT2D eigenvalue weighted by molar-refractivity contribution is 0.0975. The lowest BCUT2D eigenvalue weighted by atomic mass is 9.93. The number of piperidine rings is 1. The zero-order valence-corrected chi connectivity index (χ0v) is 10.7. The van der Waals surface area contributed by atoms with Gasteiger partial charge in [-0.25, -0.2) is 0 Å². The minimum absolute atomic E-state index is 0.238. The molecule has 2 nitrogen and oxygen atoms in total. The molecule has 2 rings (SSSR count). The molecule has 0 radical (unpaired) electrons. The molecule has 1 aliphatic rings. The quantitative estimate of drug-likeness (QED) is 0.838. The second-order valence-electron chi connectivity index (χ2n) is 4.28. The van der Waals surface area contributed by atoms with Crippen molar-refractivity contribution >= 4 is 28.7 Å². The van der Waals surface area contributed by atoms with Crippen LogP contribution in [0.25, 0.3) is 0 Å². The van der Waals surface area contributed by atoms with Crippen molar-refractivity contribution in [2.24, 2.45) is 5.92 Å². The molecule has 0 bridgehead atoms. The minimum Gasteiger partial charge on any atom is -0.316 e. The summed E-state index contributed by atoms with van der Waals surface area (Å²) >= 11 is 7.19. The molecule has 16 heavy (non-hydrogen) atoms. The predicted octanol–water partition coefficient (Wildman–Crippen LogP) is 3.36. The van der Waals surface area contributed by atoms with Gasteiger partial charge in [0, 0.05) is 6.42 Å². The Morgan fingerprint density at radius 2 is 2.44 bits per heavy atom. The van der Waals surface area contributed by atoms with Gasteiger partial charge in [-0.15, -0.1) is 11.3 Å². The van der Waals surface area contributed by atoms with Crippen molar-refractivity contribution < 1.29 is 4.79 Å². The number of hydrogen-bond donors (Lipinski definition) is 1. The number of Topliss-reactive ketones (excluding diaryl/α,β-unsaturated/α-hetero) is 1. The minimum atomic E-state index is 0.238. The zero-order valence-electron chi connectivity index (χ0n) is 9.17. The van der Waals surface area contributed by atoms with Crippen molar-refractivity contribution in [1.29, 1.82) is 0 Å². The monoisotopic (exact) mass is 257 g/mol. The summed E-state index contributed by atoms with van der Waals surface area (Å²) in [5, 5.41) is 3.37. The number of nitrogens with one attached hydrogen (secondary N) is 1. The summed E-state index contributed by atoms with van der Waals surface area (Å²) in [5.74, 6) is 0.913. The van der Waals surface area contributed by atoms with E-state index in [0.29, 0.717) is 16.7 Å². The average molecular weight is 258 g/mol. The second-order valence-corrected chi connectivity index (χ2v) is 5.99. The van der Waals surface area contributed by atoms with Crippen LogP contribution in [0, 0.1) is 5.92 Å². The summed E-state index contributed by atoms with van der Waals surface area (Å²) < 4.78 is 0.697. The Balaban J connectivity index is 1.79. The molecule has 0 aliphatic carbocycles. The average Bonchev–Trinajstić information content (AvgIpc) is 2.74. The van der Waals surface area contributed by atoms with Crippen LogP contribution in [0.3, 0.4) is 0 Å². The van der Waals surface area contributed by atoms with E-state index in [9.17, 15) is 4.79 Å². The highest BCUT2D eigenvalue weighted by Crippen LogP contribution is 2.24. The highest BCUT2D eigenvalue weighted by Gasteiger charge is 2.15. The van der Waals surface area contributed by atoms with Crippen LogP contribution < -0.4 is 5.32 Å². The predicted molar refractivity (Wildman–Crippen MR) is 68.5 cm³/mol. The number of carbonyl (C=O) groups is 1. The number of rotatable bonds is 4. The first kappa shape index (κ1) is 12.1. The molecule has 1 unspecified atom stereocenters. The van der Waals surface area contributed by atoms with E-state index in [0.717, 1.165) is 24.4 Å². The van der Waals surface area contributed by atoms with Crippen LogP contribution >= 0.6 is 22.9 Å². The highest BCUT2D eigenvalue weighted by molar-refractivity contribution is 7.18. The fraction of sp³-hybridized carbons (Fsp3) is 0.583. The summed E-state index contributed by atoms with van der Waals surface area (Å²) in [4.78, 5) is 12.6. The van der Waals surface area contributed by atoms with Crippen LogP contribution in [0.4, 0.5) is 0 Å². The van der Waals surface area contributed by atoms with Crippen molar-refractivity contribution in [3.05, 3.63) is 21.3 Å². The molecule has 1 aromatic heterocycles. The molecule has 1 aliphatic heterocycles. The molecule has 2 heterocycles. The Labute approximate surface area is 105 Å². The van der Waals surface area contributed by atoms with E-state index in [1.54, 1.807) is 6.07 Å². The molecule has 1 fully saturated rings. The lowest BCUT2D eigenvalue weighted by Crippen LogP contribution is -2.29. The molecule has 88 valence electrons. The first-order valence-electron chi connectivity index (χ1n) is 5.75. The van der Waals surface area contributed by atoms with Gasteiger partial charge < -0.3 is 5.32 Å². The molecule has 1 saturated heterocycles. The normalized spacial score (nSPS) is 20.9. The topological polar surface area (TPSA) is 29.1 Å². The van der Waals surface area contributed by atoms with E-state index in [1.165, 1.54) is 24.2 Å². The van der Waals surface area contributed by atoms with Gasteiger partial charge in [-0.1, -0.05) is 11.6 Å². The van der Waals surface area contributed by atoms with E-state index in [2.05, 4.69) is 5.32 Å². The van der Waals surface area contributed by atoms with Gasteiger partial charge in [-0.2, -0.15) is 0 Å². The third-order valence-electron chi connectivity index (χ3n) is 3.03. The molecule has 0 amide bonds. The third-order valence-corrected chi connectivity index (χ3v) is 4.30. The smallest absolute Gasteiger partial charge is 0.172 e. The first-order chi connectivity index (χ1) is 7.75. The maximum absolute atomic E-state index is 11.8. The van der Waals surface area contributed by atoms with Gasteiger partial charge >= 0.3 is 0 Å². The van der Waals surface area contributed by atoms with E-state index in [4.69, 9.17) is 11.6 Å². The van der Waals surface area contributed by atoms with Crippen LogP contribution in [0.15, 0.2) is 12.1 Å². The summed E-state index contributed by atoms with van der Waals surface area (Å²) in [5.41, 5.74) is 0. The first-order valence-corrected chi connectivity index (χ1v) is 6.94. The fourth-order valence-corrected chi connectivity index (χ4v) is 3.10. The van der Waals surface area contributed by atoms with Crippen LogP contribution in [-0.2, 0) is 0 Å². The van der Waals surface area contributed by atoms with E-state index >= 15 is 0 Å².